The number of carbonyl (C=O) groups is 1. The molecule has 1 aliphatic rings. The van der Waals surface area contributed by atoms with Gasteiger partial charge < -0.3 is 16.4 Å². The Bertz CT molecular complexity index is 436. The molecular formula is C12H16FN3O. The highest BCUT2D eigenvalue weighted by atomic mass is 19.1. The molecule has 1 heterocycles. The molecule has 17 heavy (non-hydrogen) atoms. The first-order valence-corrected chi connectivity index (χ1v) is 5.67. The third-order valence-electron chi connectivity index (χ3n) is 3.15. The first kappa shape index (κ1) is 11.7. The molecule has 0 saturated carbocycles. The SMILES string of the molecule is NC(=O)C1CCCN(c2ccc(F)cc2N)C1. The molecule has 1 fully saturated rings. The molecule has 1 unspecified atom stereocenters. The number of rotatable bonds is 2. The molecule has 1 atom stereocenters. The summed E-state index contributed by atoms with van der Waals surface area (Å²) in [5.41, 5.74) is 12.3. The van der Waals surface area contributed by atoms with Crippen LogP contribution in [0.2, 0.25) is 0 Å². The van der Waals surface area contributed by atoms with Crippen molar-refractivity contribution in [2.45, 2.75) is 12.8 Å². The Balaban J connectivity index is 2.19. The lowest BCUT2D eigenvalue weighted by molar-refractivity contribution is -0.122. The van der Waals surface area contributed by atoms with Crippen molar-refractivity contribution in [3.05, 3.63) is 24.0 Å². The van der Waals surface area contributed by atoms with Crippen molar-refractivity contribution < 1.29 is 9.18 Å². The Hall–Kier alpha value is -1.78. The van der Waals surface area contributed by atoms with Crippen LogP contribution < -0.4 is 16.4 Å². The molecule has 1 aliphatic heterocycles. The first-order chi connectivity index (χ1) is 8.08. The number of halogens is 1. The van der Waals surface area contributed by atoms with Crippen molar-refractivity contribution in [2.24, 2.45) is 11.7 Å². The van der Waals surface area contributed by atoms with Gasteiger partial charge in [-0.05, 0) is 31.0 Å². The van der Waals surface area contributed by atoms with Crippen molar-refractivity contribution in [1.29, 1.82) is 0 Å². The molecule has 5 heteroatoms. The van der Waals surface area contributed by atoms with Crippen molar-refractivity contribution in [3.63, 3.8) is 0 Å². The largest absolute Gasteiger partial charge is 0.397 e. The minimum atomic E-state index is -0.352. The number of nitrogen functional groups attached to an aromatic ring is 1. The van der Waals surface area contributed by atoms with Gasteiger partial charge in [0.15, 0.2) is 0 Å². The zero-order valence-corrected chi connectivity index (χ0v) is 9.53. The van der Waals surface area contributed by atoms with Gasteiger partial charge in [-0.1, -0.05) is 0 Å². The Morgan fingerprint density at radius 3 is 2.88 bits per heavy atom. The maximum absolute atomic E-state index is 12.9. The fourth-order valence-electron chi connectivity index (χ4n) is 2.24. The highest BCUT2D eigenvalue weighted by molar-refractivity contribution is 5.78. The van der Waals surface area contributed by atoms with Crippen LogP contribution in [-0.4, -0.2) is 19.0 Å². The lowest BCUT2D eigenvalue weighted by Crippen LogP contribution is -2.41. The van der Waals surface area contributed by atoms with Gasteiger partial charge in [-0.2, -0.15) is 0 Å². The Kier molecular flexibility index (Phi) is 3.17. The maximum atomic E-state index is 12.9. The molecule has 1 aromatic carbocycles. The highest BCUT2D eigenvalue weighted by Gasteiger charge is 2.25. The number of amides is 1. The van der Waals surface area contributed by atoms with E-state index in [1.807, 2.05) is 4.90 Å². The molecule has 0 aromatic heterocycles. The van der Waals surface area contributed by atoms with Gasteiger partial charge in [-0.25, -0.2) is 4.39 Å². The van der Waals surface area contributed by atoms with Crippen LogP contribution in [0.15, 0.2) is 18.2 Å². The first-order valence-electron chi connectivity index (χ1n) is 5.67. The summed E-state index contributed by atoms with van der Waals surface area (Å²) < 4.78 is 12.9. The fourth-order valence-corrected chi connectivity index (χ4v) is 2.24. The van der Waals surface area contributed by atoms with Crippen LogP contribution >= 0.6 is 0 Å². The minimum Gasteiger partial charge on any atom is -0.397 e. The minimum absolute atomic E-state index is 0.145. The van der Waals surface area contributed by atoms with E-state index in [0.717, 1.165) is 25.1 Å². The van der Waals surface area contributed by atoms with Gasteiger partial charge in [-0.3, -0.25) is 4.79 Å². The van der Waals surface area contributed by atoms with E-state index in [4.69, 9.17) is 11.5 Å². The second-order valence-corrected chi connectivity index (χ2v) is 4.39. The second kappa shape index (κ2) is 4.61. The maximum Gasteiger partial charge on any atom is 0.222 e. The predicted octanol–water partition coefficient (Wildman–Crippen LogP) is 1.11. The normalized spacial score (nSPS) is 20.3. The number of nitrogens with zero attached hydrogens (tertiary/aromatic N) is 1. The molecule has 1 saturated heterocycles. The summed E-state index contributed by atoms with van der Waals surface area (Å²) in [6, 6.07) is 4.32. The Morgan fingerprint density at radius 2 is 2.24 bits per heavy atom. The molecular weight excluding hydrogens is 221 g/mol. The van der Waals surface area contributed by atoms with Crippen LogP contribution in [-0.2, 0) is 4.79 Å². The van der Waals surface area contributed by atoms with E-state index in [9.17, 15) is 9.18 Å². The van der Waals surface area contributed by atoms with E-state index in [0.29, 0.717) is 12.2 Å². The van der Waals surface area contributed by atoms with Crippen LogP contribution in [0, 0.1) is 11.7 Å². The van der Waals surface area contributed by atoms with E-state index in [1.165, 1.54) is 12.1 Å². The van der Waals surface area contributed by atoms with Crippen molar-refractivity contribution in [2.75, 3.05) is 23.7 Å². The second-order valence-electron chi connectivity index (χ2n) is 4.39. The van der Waals surface area contributed by atoms with Gasteiger partial charge in [0.1, 0.15) is 5.82 Å². The molecule has 2 rings (SSSR count). The van der Waals surface area contributed by atoms with Gasteiger partial charge in [0.25, 0.3) is 0 Å². The summed E-state index contributed by atoms with van der Waals surface area (Å²) in [6.07, 6.45) is 1.71. The van der Waals surface area contributed by atoms with Crippen LogP contribution in [0.3, 0.4) is 0 Å². The van der Waals surface area contributed by atoms with E-state index in [1.54, 1.807) is 6.07 Å². The lowest BCUT2D eigenvalue weighted by Gasteiger charge is -2.33. The summed E-state index contributed by atoms with van der Waals surface area (Å²) in [6.45, 7) is 1.38. The molecule has 0 aliphatic carbocycles. The van der Waals surface area contributed by atoms with Crippen LogP contribution in [0.25, 0.3) is 0 Å². The molecule has 1 amide bonds. The van der Waals surface area contributed by atoms with Gasteiger partial charge in [-0.15, -0.1) is 0 Å². The van der Waals surface area contributed by atoms with Gasteiger partial charge in [0.05, 0.1) is 17.3 Å². The summed E-state index contributed by atoms with van der Waals surface area (Å²) >= 11 is 0. The Labute approximate surface area is 99.4 Å². The van der Waals surface area contributed by atoms with Gasteiger partial charge in [0.2, 0.25) is 5.91 Å². The van der Waals surface area contributed by atoms with E-state index in [-0.39, 0.29) is 17.6 Å². The number of primary amides is 1. The van der Waals surface area contributed by atoms with E-state index < -0.39 is 0 Å². The number of hydrogen-bond acceptors (Lipinski definition) is 3. The summed E-state index contributed by atoms with van der Waals surface area (Å²) in [7, 11) is 0. The standard InChI is InChI=1S/C12H16FN3O/c13-9-3-4-11(10(14)6-9)16-5-1-2-8(7-16)12(15)17/h3-4,6,8H,1-2,5,7,14H2,(H2,15,17). The summed E-state index contributed by atoms with van der Waals surface area (Å²) in [5.74, 6) is -0.779. The zero-order chi connectivity index (χ0) is 12.4. The Morgan fingerprint density at radius 1 is 1.47 bits per heavy atom. The van der Waals surface area contributed by atoms with E-state index in [2.05, 4.69) is 0 Å². The average Bonchev–Trinajstić information content (AvgIpc) is 2.29. The monoisotopic (exact) mass is 237 g/mol. The van der Waals surface area contributed by atoms with Gasteiger partial charge in [0, 0.05) is 13.1 Å². The van der Waals surface area contributed by atoms with Crippen molar-refractivity contribution >= 4 is 17.3 Å². The smallest absolute Gasteiger partial charge is 0.222 e. The molecule has 92 valence electrons. The van der Waals surface area contributed by atoms with Crippen LogP contribution in [0.1, 0.15) is 12.8 Å². The quantitative estimate of drug-likeness (QED) is 0.757. The predicted molar refractivity (Wildman–Crippen MR) is 64.9 cm³/mol. The third kappa shape index (κ3) is 2.49. The fraction of sp³-hybridized carbons (Fsp3) is 0.417. The number of piperidine rings is 1. The van der Waals surface area contributed by atoms with E-state index >= 15 is 0 Å². The number of hydrogen-bond donors (Lipinski definition) is 2. The number of carbonyl (C=O) groups excluding carboxylic acids is 1. The topological polar surface area (TPSA) is 72.4 Å². The zero-order valence-electron chi connectivity index (χ0n) is 9.53. The highest BCUT2D eigenvalue weighted by Crippen LogP contribution is 2.28. The molecule has 4 N–H and O–H groups in total. The van der Waals surface area contributed by atoms with Crippen LogP contribution in [0.5, 0.6) is 0 Å². The third-order valence-corrected chi connectivity index (χ3v) is 3.15. The van der Waals surface area contributed by atoms with Crippen molar-refractivity contribution in [3.8, 4) is 0 Å². The number of nitrogens with two attached hydrogens (primary N) is 2. The molecule has 4 nitrogen and oxygen atoms in total. The molecule has 0 bridgehead atoms. The molecule has 1 aromatic rings. The molecule has 0 radical (unpaired) electrons. The van der Waals surface area contributed by atoms with Crippen molar-refractivity contribution in [1.82, 2.24) is 0 Å². The summed E-state index contributed by atoms with van der Waals surface area (Å²) in [4.78, 5) is 13.2. The molecule has 0 spiro atoms. The number of benzene rings is 1. The average molecular weight is 237 g/mol. The summed E-state index contributed by atoms with van der Waals surface area (Å²) in [5, 5.41) is 0. The van der Waals surface area contributed by atoms with Crippen LogP contribution in [0.4, 0.5) is 15.8 Å². The lowest BCUT2D eigenvalue weighted by atomic mass is 9.97. The van der Waals surface area contributed by atoms with Gasteiger partial charge >= 0.3 is 0 Å². The number of anilines is 2.